The van der Waals surface area contributed by atoms with Crippen molar-refractivity contribution in [3.8, 4) is 5.75 Å². The summed E-state index contributed by atoms with van der Waals surface area (Å²) in [5.41, 5.74) is 0. The number of ether oxygens (including phenoxy) is 1. The van der Waals surface area contributed by atoms with Gasteiger partial charge in [0.1, 0.15) is 11.6 Å². The van der Waals surface area contributed by atoms with Crippen LogP contribution in [-0.4, -0.2) is 17.8 Å². The first-order valence-corrected chi connectivity index (χ1v) is 5.15. The Hall–Kier alpha value is -0.610. The summed E-state index contributed by atoms with van der Waals surface area (Å²) < 4.78 is 18.6. The van der Waals surface area contributed by atoms with Gasteiger partial charge in [0.15, 0.2) is 0 Å². The highest BCUT2D eigenvalue weighted by molar-refractivity contribution is 9.10. The quantitative estimate of drug-likeness (QED) is 0.905. The predicted octanol–water partition coefficient (Wildman–Crippen LogP) is 2.74. The normalized spacial score (nSPS) is 12.6. The molecular weight excluding hydrogens is 251 g/mol. The summed E-state index contributed by atoms with van der Waals surface area (Å²) in [6.45, 7) is 2.07. The Labute approximate surface area is 90.8 Å². The van der Waals surface area contributed by atoms with E-state index in [1.54, 1.807) is 19.1 Å². The van der Waals surface area contributed by atoms with E-state index in [2.05, 4.69) is 15.9 Å². The van der Waals surface area contributed by atoms with Crippen molar-refractivity contribution in [1.82, 2.24) is 0 Å². The van der Waals surface area contributed by atoms with Crippen LogP contribution in [0.2, 0.25) is 0 Å². The zero-order valence-corrected chi connectivity index (χ0v) is 9.42. The summed E-state index contributed by atoms with van der Waals surface area (Å²) >= 11 is 3.05. The summed E-state index contributed by atoms with van der Waals surface area (Å²) in [4.78, 5) is 0. The Morgan fingerprint density at radius 2 is 2.29 bits per heavy atom. The van der Waals surface area contributed by atoms with E-state index in [0.29, 0.717) is 23.2 Å². The molecule has 0 aliphatic rings. The van der Waals surface area contributed by atoms with E-state index in [0.717, 1.165) is 0 Å². The van der Waals surface area contributed by atoms with Crippen molar-refractivity contribution in [2.45, 2.75) is 19.4 Å². The highest BCUT2D eigenvalue weighted by atomic mass is 79.9. The second-order valence-corrected chi connectivity index (χ2v) is 3.92. The molecule has 0 saturated heterocycles. The zero-order chi connectivity index (χ0) is 10.6. The highest BCUT2D eigenvalue weighted by Crippen LogP contribution is 2.20. The third kappa shape index (κ3) is 3.64. The zero-order valence-electron chi connectivity index (χ0n) is 7.84. The molecule has 78 valence electrons. The first-order valence-electron chi connectivity index (χ1n) is 4.35. The summed E-state index contributed by atoms with van der Waals surface area (Å²) in [6, 6.07) is 4.58. The molecule has 0 aliphatic carbocycles. The number of hydrogen-bond donors (Lipinski definition) is 1. The van der Waals surface area contributed by atoms with E-state index < -0.39 is 6.10 Å². The molecule has 0 aromatic heterocycles. The van der Waals surface area contributed by atoms with Gasteiger partial charge in [0, 0.05) is 12.5 Å². The molecule has 1 atom stereocenters. The van der Waals surface area contributed by atoms with Crippen molar-refractivity contribution in [3.05, 3.63) is 28.5 Å². The van der Waals surface area contributed by atoms with Crippen molar-refractivity contribution in [3.63, 3.8) is 0 Å². The topological polar surface area (TPSA) is 29.5 Å². The SMILES string of the molecule is CC(O)CCOc1ccc(Br)c(F)c1. The van der Waals surface area contributed by atoms with Gasteiger partial charge in [0.25, 0.3) is 0 Å². The lowest BCUT2D eigenvalue weighted by Gasteiger charge is -2.07. The largest absolute Gasteiger partial charge is 0.493 e. The highest BCUT2D eigenvalue weighted by Gasteiger charge is 2.02. The second kappa shape index (κ2) is 5.32. The monoisotopic (exact) mass is 262 g/mol. The van der Waals surface area contributed by atoms with Gasteiger partial charge in [-0.1, -0.05) is 0 Å². The maximum absolute atomic E-state index is 13.0. The molecule has 0 heterocycles. The van der Waals surface area contributed by atoms with Gasteiger partial charge in [-0.3, -0.25) is 0 Å². The van der Waals surface area contributed by atoms with Crippen molar-refractivity contribution < 1.29 is 14.2 Å². The number of halogens is 2. The minimum atomic E-state index is -0.393. The molecule has 0 amide bonds. The first kappa shape index (κ1) is 11.5. The molecule has 1 rings (SSSR count). The van der Waals surface area contributed by atoms with Crippen LogP contribution in [-0.2, 0) is 0 Å². The maximum Gasteiger partial charge on any atom is 0.141 e. The summed E-state index contributed by atoms with van der Waals surface area (Å²) in [5, 5.41) is 8.97. The number of aliphatic hydroxyl groups is 1. The molecule has 1 N–H and O–H groups in total. The molecule has 1 aromatic rings. The third-order valence-electron chi connectivity index (χ3n) is 1.70. The van der Waals surface area contributed by atoms with Gasteiger partial charge in [0.05, 0.1) is 17.2 Å². The van der Waals surface area contributed by atoms with Crippen molar-refractivity contribution in [2.75, 3.05) is 6.61 Å². The van der Waals surface area contributed by atoms with Crippen LogP contribution in [0.1, 0.15) is 13.3 Å². The van der Waals surface area contributed by atoms with Gasteiger partial charge in [-0.15, -0.1) is 0 Å². The maximum atomic E-state index is 13.0. The average Bonchev–Trinajstić information content (AvgIpc) is 2.10. The van der Waals surface area contributed by atoms with E-state index in [4.69, 9.17) is 9.84 Å². The van der Waals surface area contributed by atoms with E-state index in [-0.39, 0.29) is 5.82 Å². The van der Waals surface area contributed by atoms with Gasteiger partial charge >= 0.3 is 0 Å². The second-order valence-electron chi connectivity index (χ2n) is 3.06. The van der Waals surface area contributed by atoms with Crippen molar-refractivity contribution in [2.24, 2.45) is 0 Å². The Bertz CT molecular complexity index is 302. The van der Waals surface area contributed by atoms with Crippen LogP contribution in [0.4, 0.5) is 4.39 Å². The fourth-order valence-electron chi connectivity index (χ4n) is 0.914. The molecular formula is C10H12BrFO2. The van der Waals surface area contributed by atoms with E-state index in [1.807, 2.05) is 0 Å². The fourth-order valence-corrected chi connectivity index (χ4v) is 1.16. The average molecular weight is 263 g/mol. The number of aliphatic hydroxyl groups excluding tert-OH is 1. The van der Waals surface area contributed by atoms with Gasteiger partial charge in [-0.25, -0.2) is 4.39 Å². The minimum Gasteiger partial charge on any atom is -0.493 e. The molecule has 0 bridgehead atoms. The number of hydrogen-bond acceptors (Lipinski definition) is 2. The lowest BCUT2D eigenvalue weighted by Crippen LogP contribution is -2.07. The molecule has 1 aromatic carbocycles. The van der Waals surface area contributed by atoms with Crippen molar-refractivity contribution in [1.29, 1.82) is 0 Å². The molecule has 14 heavy (non-hydrogen) atoms. The standard InChI is InChI=1S/C10H12BrFO2/c1-7(13)4-5-14-8-2-3-9(11)10(12)6-8/h2-3,6-7,13H,4-5H2,1H3. The van der Waals surface area contributed by atoms with Crippen LogP contribution in [0.15, 0.2) is 22.7 Å². The molecule has 0 radical (unpaired) electrons. The molecule has 0 saturated carbocycles. The van der Waals surface area contributed by atoms with Gasteiger partial charge in [0.2, 0.25) is 0 Å². The van der Waals surface area contributed by atoms with Crippen LogP contribution in [0.5, 0.6) is 5.75 Å². The van der Waals surface area contributed by atoms with Gasteiger partial charge in [-0.2, -0.15) is 0 Å². The third-order valence-corrected chi connectivity index (χ3v) is 2.34. The first-order chi connectivity index (χ1) is 6.59. The van der Waals surface area contributed by atoms with Crippen molar-refractivity contribution >= 4 is 15.9 Å². The molecule has 0 aliphatic heterocycles. The van der Waals surface area contributed by atoms with E-state index in [1.165, 1.54) is 6.07 Å². The smallest absolute Gasteiger partial charge is 0.141 e. The molecule has 4 heteroatoms. The van der Waals surface area contributed by atoms with Crippen LogP contribution in [0, 0.1) is 5.82 Å². The Balaban J connectivity index is 2.47. The lowest BCUT2D eigenvalue weighted by atomic mass is 10.3. The van der Waals surface area contributed by atoms with Crippen LogP contribution >= 0.6 is 15.9 Å². The fraction of sp³-hybridized carbons (Fsp3) is 0.400. The minimum absolute atomic E-state index is 0.348. The van der Waals surface area contributed by atoms with E-state index in [9.17, 15) is 4.39 Å². The van der Waals surface area contributed by atoms with Crippen LogP contribution in [0.3, 0.4) is 0 Å². The van der Waals surface area contributed by atoms with Gasteiger partial charge < -0.3 is 9.84 Å². The summed E-state index contributed by atoms with van der Waals surface area (Å²) in [6.07, 6.45) is 0.146. The summed E-state index contributed by atoms with van der Waals surface area (Å²) in [5.74, 6) is 0.130. The molecule has 1 unspecified atom stereocenters. The Kier molecular flexibility index (Phi) is 4.35. The van der Waals surface area contributed by atoms with Gasteiger partial charge in [-0.05, 0) is 35.0 Å². The molecule has 2 nitrogen and oxygen atoms in total. The lowest BCUT2D eigenvalue weighted by molar-refractivity contribution is 0.155. The summed E-state index contributed by atoms with van der Waals surface area (Å²) in [7, 11) is 0. The van der Waals surface area contributed by atoms with Crippen LogP contribution in [0.25, 0.3) is 0 Å². The number of benzene rings is 1. The molecule has 0 fully saturated rings. The Morgan fingerprint density at radius 3 is 2.86 bits per heavy atom. The van der Waals surface area contributed by atoms with Crippen LogP contribution < -0.4 is 4.74 Å². The Morgan fingerprint density at radius 1 is 1.57 bits per heavy atom. The predicted molar refractivity (Wildman–Crippen MR) is 55.9 cm³/mol. The van der Waals surface area contributed by atoms with E-state index >= 15 is 0 Å². The molecule has 0 spiro atoms. The number of rotatable bonds is 4.